The minimum Gasteiger partial charge on any atom is -0.342 e. The van der Waals surface area contributed by atoms with Crippen LogP contribution in [0.15, 0.2) is 30.3 Å². The highest BCUT2D eigenvalue weighted by molar-refractivity contribution is 6.05. The highest BCUT2D eigenvalue weighted by Gasteiger charge is 2.22. The summed E-state index contributed by atoms with van der Waals surface area (Å²) in [7, 11) is 0. The monoisotopic (exact) mass is 367 g/mol. The molecule has 1 saturated heterocycles. The lowest BCUT2D eigenvalue weighted by Crippen LogP contribution is -2.46. The highest BCUT2D eigenvalue weighted by atomic mass is 16.2. The van der Waals surface area contributed by atoms with E-state index in [0.29, 0.717) is 44.4 Å². The second kappa shape index (κ2) is 8.16. The van der Waals surface area contributed by atoms with Crippen molar-refractivity contribution in [3.63, 3.8) is 0 Å². The molecule has 0 spiro atoms. The second-order valence-corrected chi connectivity index (χ2v) is 6.71. The molecule has 142 valence electrons. The molecule has 27 heavy (non-hydrogen) atoms. The molecule has 1 aromatic carbocycles. The fourth-order valence-corrected chi connectivity index (χ4v) is 3.21. The summed E-state index contributed by atoms with van der Waals surface area (Å²) in [6, 6.07) is 9.61. The molecule has 7 heteroatoms. The number of benzene rings is 1. The number of amides is 2. The Morgan fingerprint density at radius 3 is 2.52 bits per heavy atom. The molecule has 1 fully saturated rings. The third-order valence-corrected chi connectivity index (χ3v) is 4.68. The number of hydrogen-bond donors (Lipinski definition) is 0. The number of anilines is 2. The Morgan fingerprint density at radius 1 is 1.15 bits per heavy atom. The zero-order valence-electron chi connectivity index (χ0n) is 16.1. The molecule has 0 radical (unpaired) electrons. The molecule has 0 unspecified atom stereocenters. The number of aryl methyl sites for hydroxylation is 2. The van der Waals surface area contributed by atoms with Crippen molar-refractivity contribution in [1.82, 2.24) is 14.9 Å². The van der Waals surface area contributed by atoms with Gasteiger partial charge in [0.2, 0.25) is 12.4 Å². The van der Waals surface area contributed by atoms with Crippen molar-refractivity contribution in [2.45, 2.75) is 20.8 Å². The van der Waals surface area contributed by atoms with Gasteiger partial charge in [0.05, 0.1) is 0 Å². The van der Waals surface area contributed by atoms with Gasteiger partial charge in [-0.15, -0.1) is 0 Å². The summed E-state index contributed by atoms with van der Waals surface area (Å²) >= 11 is 0. The van der Waals surface area contributed by atoms with Gasteiger partial charge in [0.15, 0.2) is 0 Å². The van der Waals surface area contributed by atoms with E-state index in [9.17, 15) is 9.59 Å². The van der Waals surface area contributed by atoms with Crippen LogP contribution in [0.3, 0.4) is 0 Å². The lowest BCUT2D eigenvalue weighted by molar-refractivity contribution is -0.118. The van der Waals surface area contributed by atoms with Gasteiger partial charge in [0.25, 0.3) is 5.91 Å². The summed E-state index contributed by atoms with van der Waals surface area (Å²) in [6.07, 6.45) is 0.865. The number of carbonyl (C=O) groups is 2. The first kappa shape index (κ1) is 18.8. The Hall–Kier alpha value is -2.96. The zero-order chi connectivity index (χ0) is 19.4. The number of hydrogen-bond acceptors (Lipinski definition) is 5. The molecule has 1 aliphatic heterocycles. The van der Waals surface area contributed by atoms with Crippen LogP contribution in [0.4, 0.5) is 11.6 Å². The minimum absolute atomic E-state index is 0.138. The number of carbonyl (C=O) groups excluding carboxylic acids is 2. The lowest BCUT2D eigenvalue weighted by Gasteiger charge is -2.32. The Bertz CT molecular complexity index is 831. The molecule has 2 amide bonds. The maximum atomic E-state index is 13.1. The van der Waals surface area contributed by atoms with Crippen molar-refractivity contribution in [3.05, 3.63) is 47.3 Å². The third kappa shape index (κ3) is 4.24. The molecule has 1 aromatic heterocycles. The predicted octanol–water partition coefficient (Wildman–Crippen LogP) is 2.04. The Kier molecular flexibility index (Phi) is 5.69. The maximum absolute atomic E-state index is 13.1. The summed E-state index contributed by atoms with van der Waals surface area (Å²) in [4.78, 5) is 38.5. The Morgan fingerprint density at radius 2 is 1.89 bits per heavy atom. The average molecular weight is 367 g/mol. The number of aromatic nitrogens is 2. The van der Waals surface area contributed by atoms with Gasteiger partial charge >= 0.3 is 0 Å². The largest absolute Gasteiger partial charge is 0.342 e. The number of nitrogens with zero attached hydrogens (tertiary/aromatic N) is 5. The van der Waals surface area contributed by atoms with Crippen LogP contribution in [0.25, 0.3) is 0 Å². The average Bonchev–Trinajstić information content (AvgIpc) is 2.68. The van der Waals surface area contributed by atoms with Gasteiger partial charge in [-0.05, 0) is 44.5 Å². The molecule has 0 N–H and O–H groups in total. The summed E-state index contributed by atoms with van der Waals surface area (Å²) in [6.45, 7) is 8.96. The Balaban J connectivity index is 1.86. The van der Waals surface area contributed by atoms with E-state index >= 15 is 0 Å². The van der Waals surface area contributed by atoms with Crippen molar-refractivity contribution in [2.24, 2.45) is 0 Å². The van der Waals surface area contributed by atoms with E-state index in [2.05, 4.69) is 9.97 Å². The van der Waals surface area contributed by atoms with Gasteiger partial charge in [-0.1, -0.05) is 12.1 Å². The summed E-state index contributed by atoms with van der Waals surface area (Å²) in [5.74, 6) is 0.408. The molecule has 2 heterocycles. The van der Waals surface area contributed by atoms with E-state index < -0.39 is 0 Å². The van der Waals surface area contributed by atoms with Gasteiger partial charge in [-0.2, -0.15) is 0 Å². The maximum Gasteiger partial charge on any atom is 0.277 e. The SMILES string of the molecule is CCN(C(=O)c1cc(C)nc(N2CCN(C=O)CC2)n1)c1cccc(C)c1. The summed E-state index contributed by atoms with van der Waals surface area (Å²) < 4.78 is 0. The number of rotatable bonds is 5. The first-order valence-corrected chi connectivity index (χ1v) is 9.20. The standard InChI is InChI=1S/C20H25N5O2/c1-4-25(17-7-5-6-15(2)12-17)19(27)18-13-16(3)21-20(22-18)24-10-8-23(14-26)9-11-24/h5-7,12-14H,4,8-11H2,1-3H3. The topological polar surface area (TPSA) is 69.6 Å². The van der Waals surface area contributed by atoms with E-state index in [4.69, 9.17) is 0 Å². The van der Waals surface area contributed by atoms with Crippen molar-refractivity contribution in [2.75, 3.05) is 42.5 Å². The van der Waals surface area contributed by atoms with Gasteiger partial charge in [0, 0.05) is 44.1 Å². The molecule has 0 saturated carbocycles. The van der Waals surface area contributed by atoms with Crippen LogP contribution in [0.2, 0.25) is 0 Å². The van der Waals surface area contributed by atoms with Crippen LogP contribution in [-0.4, -0.2) is 59.9 Å². The van der Waals surface area contributed by atoms with Crippen LogP contribution >= 0.6 is 0 Å². The molecule has 0 atom stereocenters. The molecule has 2 aromatic rings. The first-order chi connectivity index (χ1) is 13.0. The van der Waals surface area contributed by atoms with E-state index in [1.807, 2.05) is 49.9 Å². The molecule has 7 nitrogen and oxygen atoms in total. The van der Waals surface area contributed by atoms with Crippen molar-refractivity contribution in [3.8, 4) is 0 Å². The first-order valence-electron chi connectivity index (χ1n) is 9.20. The quantitative estimate of drug-likeness (QED) is 0.757. The van der Waals surface area contributed by atoms with Crippen molar-refractivity contribution >= 4 is 24.0 Å². The van der Waals surface area contributed by atoms with Crippen LogP contribution in [0.1, 0.15) is 28.7 Å². The van der Waals surface area contributed by atoms with Gasteiger partial charge < -0.3 is 14.7 Å². The second-order valence-electron chi connectivity index (χ2n) is 6.71. The van der Waals surface area contributed by atoms with Gasteiger partial charge in [-0.25, -0.2) is 9.97 Å². The van der Waals surface area contributed by atoms with Crippen LogP contribution < -0.4 is 9.80 Å². The van der Waals surface area contributed by atoms with E-state index in [1.54, 1.807) is 15.9 Å². The van der Waals surface area contributed by atoms with Crippen LogP contribution in [0, 0.1) is 13.8 Å². The lowest BCUT2D eigenvalue weighted by atomic mass is 10.2. The van der Waals surface area contributed by atoms with Crippen molar-refractivity contribution < 1.29 is 9.59 Å². The fraction of sp³-hybridized carbons (Fsp3) is 0.400. The van der Waals surface area contributed by atoms with E-state index in [0.717, 1.165) is 23.4 Å². The normalized spacial score (nSPS) is 14.2. The Labute approximate surface area is 159 Å². The molecular weight excluding hydrogens is 342 g/mol. The molecular formula is C20H25N5O2. The van der Waals surface area contributed by atoms with Gasteiger partial charge in [-0.3, -0.25) is 9.59 Å². The van der Waals surface area contributed by atoms with Crippen LogP contribution in [-0.2, 0) is 4.79 Å². The van der Waals surface area contributed by atoms with E-state index in [-0.39, 0.29) is 5.91 Å². The molecule has 0 aliphatic carbocycles. The molecule has 0 bridgehead atoms. The predicted molar refractivity (Wildman–Crippen MR) is 105 cm³/mol. The summed E-state index contributed by atoms with van der Waals surface area (Å²) in [5, 5.41) is 0. The van der Waals surface area contributed by atoms with Crippen molar-refractivity contribution in [1.29, 1.82) is 0 Å². The van der Waals surface area contributed by atoms with Crippen LogP contribution in [0.5, 0.6) is 0 Å². The van der Waals surface area contributed by atoms with Gasteiger partial charge in [0.1, 0.15) is 5.69 Å². The highest BCUT2D eigenvalue weighted by Crippen LogP contribution is 2.20. The smallest absolute Gasteiger partial charge is 0.277 e. The zero-order valence-corrected chi connectivity index (χ0v) is 16.1. The fourth-order valence-electron chi connectivity index (χ4n) is 3.21. The van der Waals surface area contributed by atoms with E-state index in [1.165, 1.54) is 0 Å². The summed E-state index contributed by atoms with van der Waals surface area (Å²) in [5.41, 5.74) is 3.10. The molecule has 1 aliphatic rings. The number of piperazine rings is 1. The minimum atomic E-state index is -0.138. The third-order valence-electron chi connectivity index (χ3n) is 4.68. The molecule has 3 rings (SSSR count).